The highest BCUT2D eigenvalue weighted by Gasteiger charge is 2.18. The molecule has 0 N–H and O–H groups in total. The molecule has 0 heterocycles. The van der Waals surface area contributed by atoms with Gasteiger partial charge in [0.2, 0.25) is 0 Å². The van der Waals surface area contributed by atoms with Crippen LogP contribution in [0.25, 0.3) is 0 Å². The number of hydrogen-bond donors (Lipinski definition) is 0. The summed E-state index contributed by atoms with van der Waals surface area (Å²) in [6.45, 7) is 1.39. The monoisotopic (exact) mass is 417 g/mol. The quantitative estimate of drug-likeness (QED) is 0.637. The minimum absolute atomic E-state index is 0.0197. The molecule has 7 heteroatoms. The number of hydrogen-bond acceptors (Lipinski definition) is 3. The van der Waals surface area contributed by atoms with Crippen molar-refractivity contribution in [1.82, 2.24) is 4.90 Å². The third-order valence-electron chi connectivity index (χ3n) is 2.33. The lowest BCUT2D eigenvalue weighted by Crippen LogP contribution is -2.33. The minimum Gasteiger partial charge on any atom is -0.288 e. The number of benzene rings is 1. The van der Waals surface area contributed by atoms with Crippen molar-refractivity contribution in [3.8, 4) is 0 Å². The van der Waals surface area contributed by atoms with Gasteiger partial charge in [-0.3, -0.25) is 4.90 Å². The van der Waals surface area contributed by atoms with E-state index in [2.05, 4.69) is 31.9 Å². The molecule has 0 atom stereocenters. The summed E-state index contributed by atoms with van der Waals surface area (Å²) in [6, 6.07) is 6.26. The Morgan fingerprint density at radius 3 is 2.00 bits per heavy atom. The van der Waals surface area contributed by atoms with Gasteiger partial charge in [-0.25, -0.2) is 8.42 Å². The first-order valence-electron chi connectivity index (χ1n) is 5.32. The van der Waals surface area contributed by atoms with Crippen LogP contribution in [-0.4, -0.2) is 42.9 Å². The highest BCUT2D eigenvalue weighted by Crippen LogP contribution is 2.16. The zero-order valence-electron chi connectivity index (χ0n) is 9.65. The Morgan fingerprint density at radius 2 is 1.56 bits per heavy atom. The van der Waals surface area contributed by atoms with Gasteiger partial charge in [0.15, 0.2) is 9.84 Å². The summed E-state index contributed by atoms with van der Waals surface area (Å²) < 4.78 is 24.4. The number of alkyl halides is 2. The first-order valence-corrected chi connectivity index (χ1v) is 9.59. The fourth-order valence-electron chi connectivity index (χ4n) is 1.44. The standard InChI is InChI=1S/C11H14Br2ClNO2S/c12-5-7-15(8-6-13)9-18(16,17)11-3-1-10(14)2-4-11/h1-4H,5-9H2. The zero-order chi connectivity index (χ0) is 13.6. The molecule has 0 saturated heterocycles. The van der Waals surface area contributed by atoms with Crippen LogP contribution in [0.3, 0.4) is 0 Å². The van der Waals surface area contributed by atoms with E-state index in [1.165, 1.54) is 12.1 Å². The summed E-state index contributed by atoms with van der Waals surface area (Å²) in [5.41, 5.74) is 0. The van der Waals surface area contributed by atoms with Crippen molar-refractivity contribution in [3.63, 3.8) is 0 Å². The molecule has 0 bridgehead atoms. The van der Waals surface area contributed by atoms with Crippen molar-refractivity contribution >= 4 is 53.3 Å². The zero-order valence-corrected chi connectivity index (χ0v) is 14.4. The Morgan fingerprint density at radius 1 is 1.06 bits per heavy atom. The summed E-state index contributed by atoms with van der Waals surface area (Å²) in [4.78, 5) is 2.19. The van der Waals surface area contributed by atoms with Gasteiger partial charge >= 0.3 is 0 Å². The van der Waals surface area contributed by atoms with Crippen LogP contribution in [0.2, 0.25) is 5.02 Å². The SMILES string of the molecule is O=S(=O)(CN(CCBr)CCBr)c1ccc(Cl)cc1. The van der Waals surface area contributed by atoms with E-state index in [9.17, 15) is 8.42 Å². The maximum atomic E-state index is 12.2. The van der Waals surface area contributed by atoms with Crippen molar-refractivity contribution in [2.24, 2.45) is 0 Å². The molecule has 0 amide bonds. The van der Waals surface area contributed by atoms with E-state index in [0.29, 0.717) is 23.0 Å². The minimum atomic E-state index is -3.30. The van der Waals surface area contributed by atoms with Crippen molar-refractivity contribution in [3.05, 3.63) is 29.3 Å². The van der Waals surface area contributed by atoms with Crippen LogP contribution in [0.4, 0.5) is 0 Å². The molecule has 102 valence electrons. The van der Waals surface area contributed by atoms with Gasteiger partial charge in [-0.2, -0.15) is 0 Å². The fraction of sp³-hybridized carbons (Fsp3) is 0.455. The highest BCUT2D eigenvalue weighted by molar-refractivity contribution is 9.09. The van der Waals surface area contributed by atoms with Gasteiger partial charge in [-0.15, -0.1) is 0 Å². The second-order valence-electron chi connectivity index (χ2n) is 3.69. The smallest absolute Gasteiger partial charge is 0.191 e. The number of nitrogens with zero attached hydrogens (tertiary/aromatic N) is 1. The molecular weight excluding hydrogens is 405 g/mol. The number of rotatable bonds is 7. The van der Waals surface area contributed by atoms with Gasteiger partial charge in [0.05, 0.1) is 4.90 Å². The molecule has 0 unspecified atom stereocenters. The molecule has 0 saturated carbocycles. The number of sulfone groups is 1. The maximum absolute atomic E-state index is 12.2. The maximum Gasteiger partial charge on any atom is 0.191 e. The van der Waals surface area contributed by atoms with Crippen LogP contribution >= 0.6 is 43.5 Å². The molecule has 1 rings (SSSR count). The average Bonchev–Trinajstić information content (AvgIpc) is 2.29. The third-order valence-corrected chi connectivity index (χ3v) is 4.98. The molecule has 0 aromatic heterocycles. The third kappa shape index (κ3) is 5.17. The van der Waals surface area contributed by atoms with E-state index in [1.54, 1.807) is 12.1 Å². The van der Waals surface area contributed by atoms with Gasteiger partial charge in [-0.1, -0.05) is 43.5 Å². The molecule has 0 aliphatic rings. The number of halogens is 3. The molecule has 18 heavy (non-hydrogen) atoms. The van der Waals surface area contributed by atoms with Crippen LogP contribution in [0, 0.1) is 0 Å². The Labute approximate surface area is 130 Å². The van der Waals surface area contributed by atoms with E-state index in [4.69, 9.17) is 11.6 Å². The van der Waals surface area contributed by atoms with Crippen LogP contribution in [0.5, 0.6) is 0 Å². The van der Waals surface area contributed by atoms with E-state index in [0.717, 1.165) is 10.7 Å². The Balaban J connectivity index is 2.82. The second kappa shape index (κ2) is 7.85. The topological polar surface area (TPSA) is 37.4 Å². The summed E-state index contributed by atoms with van der Waals surface area (Å²) >= 11 is 12.4. The van der Waals surface area contributed by atoms with Gasteiger partial charge < -0.3 is 0 Å². The van der Waals surface area contributed by atoms with E-state index < -0.39 is 9.84 Å². The Bertz CT molecular complexity index is 458. The van der Waals surface area contributed by atoms with Crippen molar-refractivity contribution in [1.29, 1.82) is 0 Å². The average molecular weight is 420 g/mol. The predicted molar refractivity (Wildman–Crippen MR) is 82.7 cm³/mol. The summed E-state index contributed by atoms with van der Waals surface area (Å²) in [5, 5.41) is 2.03. The van der Waals surface area contributed by atoms with Crippen molar-refractivity contribution in [2.45, 2.75) is 4.90 Å². The highest BCUT2D eigenvalue weighted by atomic mass is 79.9. The van der Waals surface area contributed by atoms with E-state index in [-0.39, 0.29) is 5.88 Å². The van der Waals surface area contributed by atoms with Crippen molar-refractivity contribution < 1.29 is 8.42 Å². The lowest BCUT2D eigenvalue weighted by atomic mass is 10.4. The first kappa shape index (κ1) is 16.4. The fourth-order valence-corrected chi connectivity index (χ4v) is 4.00. The van der Waals surface area contributed by atoms with Crippen LogP contribution in [0.1, 0.15) is 0 Å². The molecular formula is C11H14Br2ClNO2S. The second-order valence-corrected chi connectivity index (χ2v) is 7.68. The molecule has 1 aromatic rings. The molecule has 0 fully saturated rings. The molecule has 0 aliphatic heterocycles. The van der Waals surface area contributed by atoms with Gasteiger partial charge in [-0.05, 0) is 24.3 Å². The largest absolute Gasteiger partial charge is 0.288 e. The predicted octanol–water partition coefficient (Wildman–Crippen LogP) is 3.16. The first-order chi connectivity index (χ1) is 8.49. The van der Waals surface area contributed by atoms with Crippen LogP contribution < -0.4 is 0 Å². The lowest BCUT2D eigenvalue weighted by molar-refractivity contribution is 0.356. The molecule has 3 nitrogen and oxygen atoms in total. The van der Waals surface area contributed by atoms with E-state index in [1.807, 2.05) is 4.90 Å². The Hall–Kier alpha value is 0.380. The normalized spacial score (nSPS) is 12.0. The van der Waals surface area contributed by atoms with Gasteiger partial charge in [0.25, 0.3) is 0 Å². The van der Waals surface area contributed by atoms with E-state index >= 15 is 0 Å². The summed E-state index contributed by atoms with van der Waals surface area (Å²) in [5.74, 6) is 0.0197. The summed E-state index contributed by atoms with van der Waals surface area (Å²) in [6.07, 6.45) is 0. The lowest BCUT2D eigenvalue weighted by Gasteiger charge is -2.19. The molecule has 0 radical (unpaired) electrons. The molecule has 0 spiro atoms. The van der Waals surface area contributed by atoms with Crippen molar-refractivity contribution in [2.75, 3.05) is 29.6 Å². The van der Waals surface area contributed by atoms with Gasteiger partial charge in [0.1, 0.15) is 5.88 Å². The Kier molecular flexibility index (Phi) is 7.16. The van der Waals surface area contributed by atoms with Crippen LogP contribution in [0.15, 0.2) is 29.2 Å². The molecule has 1 aromatic carbocycles. The van der Waals surface area contributed by atoms with Crippen LogP contribution in [-0.2, 0) is 9.84 Å². The molecule has 0 aliphatic carbocycles. The summed E-state index contributed by atoms with van der Waals surface area (Å²) in [7, 11) is -3.30. The van der Waals surface area contributed by atoms with Gasteiger partial charge in [0, 0.05) is 28.8 Å².